The van der Waals surface area contributed by atoms with Crippen LogP contribution in [0.2, 0.25) is 0 Å². The summed E-state index contributed by atoms with van der Waals surface area (Å²) in [7, 11) is 0. The highest BCUT2D eigenvalue weighted by molar-refractivity contribution is 8.00. The molecule has 2 fully saturated rings. The van der Waals surface area contributed by atoms with Gasteiger partial charge in [-0.1, -0.05) is 25.0 Å². The van der Waals surface area contributed by atoms with Crippen molar-refractivity contribution in [3.05, 3.63) is 47.8 Å². The summed E-state index contributed by atoms with van der Waals surface area (Å²) in [6.45, 7) is 0.100. The number of hydrogen-bond acceptors (Lipinski definition) is 5. The summed E-state index contributed by atoms with van der Waals surface area (Å²) in [5, 5.41) is 12.7. The second-order valence-electron chi connectivity index (χ2n) is 6.57. The molecule has 0 bridgehead atoms. The van der Waals surface area contributed by atoms with E-state index in [0.717, 1.165) is 26.1 Å². The van der Waals surface area contributed by atoms with Crippen molar-refractivity contribution in [1.29, 1.82) is 0 Å². The Kier molecular flexibility index (Phi) is 8.11. The molecule has 0 aliphatic heterocycles. The van der Waals surface area contributed by atoms with Gasteiger partial charge >= 0.3 is 0 Å². The number of rotatable bonds is 6. The minimum atomic E-state index is 0.100. The van der Waals surface area contributed by atoms with Crippen molar-refractivity contribution >= 4 is 35.1 Å². The maximum atomic E-state index is 9.07. The molecular formula is C20H25ClN2OS2. The Bertz CT molecular complexity index is 634. The Hall–Kier alpha value is -0.750. The summed E-state index contributed by atoms with van der Waals surface area (Å²) in [5.41, 5.74) is 2.13. The van der Waals surface area contributed by atoms with E-state index < -0.39 is 0 Å². The van der Waals surface area contributed by atoms with Crippen molar-refractivity contribution in [3.63, 3.8) is 0 Å². The summed E-state index contributed by atoms with van der Waals surface area (Å²) >= 11 is 9.52. The van der Waals surface area contributed by atoms with E-state index >= 15 is 0 Å². The van der Waals surface area contributed by atoms with Crippen molar-refractivity contribution in [1.82, 2.24) is 9.97 Å². The molecule has 2 aliphatic carbocycles. The van der Waals surface area contributed by atoms with Gasteiger partial charge in [0, 0.05) is 28.5 Å². The number of halogens is 1. The minimum Gasteiger partial charge on any atom is -0.392 e. The van der Waals surface area contributed by atoms with Gasteiger partial charge in [0.1, 0.15) is 10.1 Å². The Morgan fingerprint density at radius 1 is 0.885 bits per heavy atom. The average Bonchev–Trinajstić information content (AvgIpc) is 2.62. The maximum absolute atomic E-state index is 9.07. The first kappa shape index (κ1) is 20.0. The zero-order chi connectivity index (χ0) is 18.2. The molecule has 0 aromatic carbocycles. The highest BCUT2D eigenvalue weighted by Crippen LogP contribution is 2.37. The van der Waals surface area contributed by atoms with Crippen LogP contribution in [-0.4, -0.2) is 25.6 Å². The van der Waals surface area contributed by atoms with Crippen LogP contribution in [0.1, 0.15) is 49.7 Å². The van der Waals surface area contributed by atoms with Gasteiger partial charge in [0.2, 0.25) is 0 Å². The lowest BCUT2D eigenvalue weighted by Gasteiger charge is -2.24. The van der Waals surface area contributed by atoms with E-state index in [0.29, 0.717) is 5.88 Å². The molecule has 0 radical (unpaired) electrons. The lowest BCUT2D eigenvalue weighted by molar-refractivity contribution is 0.278. The van der Waals surface area contributed by atoms with Crippen molar-refractivity contribution in [2.75, 3.05) is 0 Å². The zero-order valence-corrected chi connectivity index (χ0v) is 17.2. The molecule has 0 atom stereocenters. The summed E-state index contributed by atoms with van der Waals surface area (Å²) in [6, 6.07) is 7.81. The van der Waals surface area contributed by atoms with E-state index in [1.165, 1.54) is 44.1 Å². The summed E-state index contributed by atoms with van der Waals surface area (Å²) < 4.78 is 0. The Balaban J connectivity index is 0.000000151. The Labute approximate surface area is 169 Å². The van der Waals surface area contributed by atoms with Crippen LogP contribution in [0.3, 0.4) is 0 Å². The van der Waals surface area contributed by atoms with Gasteiger partial charge in [0.25, 0.3) is 0 Å². The number of hydrogen-bond donors (Lipinski definition) is 1. The van der Waals surface area contributed by atoms with Crippen molar-refractivity contribution in [2.24, 2.45) is 0 Å². The van der Waals surface area contributed by atoms with Gasteiger partial charge in [-0.15, -0.1) is 35.1 Å². The average molecular weight is 409 g/mol. The molecule has 4 rings (SSSR count). The monoisotopic (exact) mass is 408 g/mol. The number of aromatic nitrogens is 2. The third-order valence-corrected chi connectivity index (χ3v) is 7.75. The van der Waals surface area contributed by atoms with Crippen molar-refractivity contribution in [3.8, 4) is 0 Å². The standard InChI is InChI=1S/C10H12ClNS.C10H13NOS/c11-7-8-3-2-6-12-10(8)13-9-4-1-5-9;12-7-8-3-2-6-11-10(8)13-9-4-1-5-9/h2-3,6,9H,1,4-5,7H2;2-3,6,9,12H,1,4-5,7H2. The molecule has 0 unspecified atom stereocenters. The number of aliphatic hydroxyl groups excluding tert-OH is 1. The van der Waals surface area contributed by atoms with Gasteiger partial charge in [-0.3, -0.25) is 0 Å². The second-order valence-corrected chi connectivity index (χ2v) is 9.41. The van der Waals surface area contributed by atoms with E-state index in [9.17, 15) is 0 Å². The maximum Gasteiger partial charge on any atom is 0.102 e. The Morgan fingerprint density at radius 2 is 1.38 bits per heavy atom. The molecule has 2 aromatic heterocycles. The largest absolute Gasteiger partial charge is 0.392 e. The highest BCUT2D eigenvalue weighted by atomic mass is 35.5. The first-order valence-corrected chi connectivity index (χ1v) is 11.5. The topological polar surface area (TPSA) is 46.0 Å². The molecule has 2 aromatic rings. The lowest BCUT2D eigenvalue weighted by Crippen LogP contribution is -2.13. The van der Waals surface area contributed by atoms with Crippen LogP contribution in [0.4, 0.5) is 0 Å². The third kappa shape index (κ3) is 5.62. The number of alkyl halides is 1. The SMILES string of the molecule is ClCc1cccnc1SC1CCC1.OCc1cccnc1SC1CCC1. The highest BCUT2D eigenvalue weighted by Gasteiger charge is 2.20. The fourth-order valence-electron chi connectivity index (χ4n) is 2.58. The van der Waals surface area contributed by atoms with Gasteiger partial charge in [-0.2, -0.15) is 0 Å². The van der Waals surface area contributed by atoms with Crippen LogP contribution < -0.4 is 0 Å². The van der Waals surface area contributed by atoms with E-state index in [1.54, 1.807) is 6.20 Å². The van der Waals surface area contributed by atoms with Crippen LogP contribution in [-0.2, 0) is 12.5 Å². The third-order valence-electron chi connectivity index (χ3n) is 4.68. The van der Waals surface area contributed by atoms with Crippen LogP contribution in [0.25, 0.3) is 0 Å². The fraction of sp³-hybridized carbons (Fsp3) is 0.500. The van der Waals surface area contributed by atoms with Crippen LogP contribution in [0, 0.1) is 0 Å². The van der Waals surface area contributed by atoms with Gasteiger partial charge in [-0.05, 0) is 43.4 Å². The molecule has 0 spiro atoms. The molecule has 2 aliphatic rings. The predicted octanol–water partition coefficient (Wildman–Crippen LogP) is 5.68. The van der Waals surface area contributed by atoms with Crippen LogP contribution >= 0.6 is 35.1 Å². The van der Waals surface area contributed by atoms with Crippen LogP contribution in [0.15, 0.2) is 46.7 Å². The normalized spacial score (nSPS) is 17.0. The molecule has 6 heteroatoms. The van der Waals surface area contributed by atoms with Crippen molar-refractivity contribution in [2.45, 2.75) is 71.6 Å². The molecule has 2 saturated carbocycles. The lowest BCUT2D eigenvalue weighted by atomic mass is 10.0. The number of pyridine rings is 2. The van der Waals surface area contributed by atoms with E-state index in [4.69, 9.17) is 16.7 Å². The Morgan fingerprint density at radius 3 is 1.81 bits per heavy atom. The molecule has 1 N–H and O–H groups in total. The molecule has 0 amide bonds. The fourth-order valence-corrected chi connectivity index (χ4v) is 5.46. The van der Waals surface area contributed by atoms with Crippen molar-refractivity contribution < 1.29 is 5.11 Å². The van der Waals surface area contributed by atoms with Gasteiger partial charge in [-0.25, -0.2) is 9.97 Å². The molecular weight excluding hydrogens is 384 g/mol. The number of aliphatic hydroxyl groups is 1. The number of nitrogens with zero attached hydrogens (tertiary/aromatic N) is 2. The summed E-state index contributed by atoms with van der Waals surface area (Å²) in [5.74, 6) is 0.572. The quantitative estimate of drug-likeness (QED) is 0.622. The first-order chi connectivity index (χ1) is 12.8. The van der Waals surface area contributed by atoms with Gasteiger partial charge in [0.05, 0.1) is 12.5 Å². The predicted molar refractivity (Wildman–Crippen MR) is 111 cm³/mol. The van der Waals surface area contributed by atoms with E-state index in [1.807, 2.05) is 47.9 Å². The minimum absolute atomic E-state index is 0.100. The molecule has 0 saturated heterocycles. The number of thioether (sulfide) groups is 2. The van der Waals surface area contributed by atoms with E-state index in [-0.39, 0.29) is 6.61 Å². The smallest absolute Gasteiger partial charge is 0.102 e. The van der Waals surface area contributed by atoms with Gasteiger partial charge < -0.3 is 5.11 Å². The zero-order valence-electron chi connectivity index (χ0n) is 14.8. The second kappa shape index (κ2) is 10.5. The molecule has 3 nitrogen and oxygen atoms in total. The molecule has 26 heavy (non-hydrogen) atoms. The van der Waals surface area contributed by atoms with Crippen LogP contribution in [0.5, 0.6) is 0 Å². The molecule has 2 heterocycles. The summed E-state index contributed by atoms with van der Waals surface area (Å²) in [6.07, 6.45) is 11.6. The summed E-state index contributed by atoms with van der Waals surface area (Å²) in [4.78, 5) is 8.62. The van der Waals surface area contributed by atoms with Gasteiger partial charge in [0.15, 0.2) is 0 Å². The van der Waals surface area contributed by atoms with E-state index in [2.05, 4.69) is 16.0 Å². The first-order valence-electron chi connectivity index (χ1n) is 9.18. The molecule has 140 valence electrons.